The van der Waals surface area contributed by atoms with Crippen molar-refractivity contribution in [2.75, 3.05) is 31.5 Å². The monoisotopic (exact) mass is 481 g/mol. The molecule has 2 aliphatic heterocycles. The van der Waals surface area contributed by atoms with E-state index in [1.54, 1.807) is 16.2 Å². The Labute approximate surface area is 203 Å². The van der Waals surface area contributed by atoms with Crippen LogP contribution in [0.2, 0.25) is 0 Å². The summed E-state index contributed by atoms with van der Waals surface area (Å²) in [6.45, 7) is 9.09. The van der Waals surface area contributed by atoms with E-state index in [0.717, 1.165) is 52.5 Å². The van der Waals surface area contributed by atoms with Crippen molar-refractivity contribution in [1.82, 2.24) is 19.8 Å². The molecule has 1 fully saturated rings. The predicted octanol–water partition coefficient (Wildman–Crippen LogP) is 4.49. The number of benzene rings is 1. The number of rotatable bonds is 4. The maximum absolute atomic E-state index is 13.1. The number of para-hydroxylation sites is 1. The van der Waals surface area contributed by atoms with E-state index >= 15 is 0 Å². The zero-order valence-electron chi connectivity index (χ0n) is 19.9. The zero-order chi connectivity index (χ0) is 23.9. The molecular formula is C25H31N5O3S. The molecule has 4 heterocycles. The third-order valence-electron chi connectivity index (χ3n) is 6.26. The molecule has 2 aromatic heterocycles. The average molecular weight is 482 g/mol. The maximum atomic E-state index is 13.1. The van der Waals surface area contributed by atoms with Crippen molar-refractivity contribution in [3.8, 4) is 0 Å². The largest absolute Gasteiger partial charge is 0.444 e. The fourth-order valence-electron chi connectivity index (χ4n) is 4.53. The summed E-state index contributed by atoms with van der Waals surface area (Å²) < 4.78 is 5.49. The predicted molar refractivity (Wildman–Crippen MR) is 133 cm³/mol. The number of carbonyl (C=O) groups is 2. The Kier molecular flexibility index (Phi) is 5.97. The van der Waals surface area contributed by atoms with Crippen LogP contribution in [0.3, 0.4) is 0 Å². The second-order valence-corrected chi connectivity index (χ2v) is 11.2. The number of nitrogens with zero attached hydrogens (tertiary/aromatic N) is 3. The Morgan fingerprint density at radius 1 is 1.24 bits per heavy atom. The molecule has 0 spiro atoms. The Morgan fingerprint density at radius 2 is 2.06 bits per heavy atom. The molecule has 0 bridgehead atoms. The van der Waals surface area contributed by atoms with Crippen LogP contribution in [0, 0.1) is 5.92 Å². The van der Waals surface area contributed by atoms with Gasteiger partial charge in [-0.3, -0.25) is 4.79 Å². The number of anilines is 1. The Hall–Kier alpha value is -3.07. The van der Waals surface area contributed by atoms with Crippen LogP contribution >= 0.6 is 11.3 Å². The highest BCUT2D eigenvalue weighted by molar-refractivity contribution is 7.15. The average Bonchev–Trinajstić information content (AvgIpc) is 3.52. The Morgan fingerprint density at radius 3 is 2.85 bits per heavy atom. The lowest BCUT2D eigenvalue weighted by molar-refractivity contribution is 0.0289. The van der Waals surface area contributed by atoms with E-state index in [1.807, 2.05) is 56.0 Å². The molecule has 1 saturated heterocycles. The molecular weight excluding hydrogens is 450 g/mol. The molecule has 9 heteroatoms. The first-order chi connectivity index (χ1) is 16.2. The highest BCUT2D eigenvalue weighted by Crippen LogP contribution is 2.30. The lowest BCUT2D eigenvalue weighted by atomic mass is 10.1. The topological polar surface area (TPSA) is 90.6 Å². The number of thiazole rings is 1. The van der Waals surface area contributed by atoms with Crippen molar-refractivity contribution in [2.24, 2.45) is 5.92 Å². The molecule has 0 radical (unpaired) electrons. The zero-order valence-corrected chi connectivity index (χ0v) is 20.7. The van der Waals surface area contributed by atoms with Gasteiger partial charge in [-0.1, -0.05) is 29.5 Å². The smallest absolute Gasteiger partial charge is 0.410 e. The first-order valence-electron chi connectivity index (χ1n) is 11.8. The number of ether oxygens (including phenoxy) is 1. The molecule has 180 valence electrons. The van der Waals surface area contributed by atoms with Gasteiger partial charge in [-0.2, -0.15) is 0 Å². The van der Waals surface area contributed by atoms with E-state index in [2.05, 4.69) is 10.3 Å². The van der Waals surface area contributed by atoms with Crippen LogP contribution in [-0.2, 0) is 17.7 Å². The van der Waals surface area contributed by atoms with Gasteiger partial charge in [0.25, 0.3) is 5.91 Å². The first-order valence-corrected chi connectivity index (χ1v) is 12.6. The van der Waals surface area contributed by atoms with Gasteiger partial charge >= 0.3 is 6.09 Å². The molecule has 2 N–H and O–H groups in total. The minimum absolute atomic E-state index is 0.0259. The molecule has 0 saturated carbocycles. The molecule has 5 rings (SSSR count). The quantitative estimate of drug-likeness (QED) is 0.573. The normalized spacial score (nSPS) is 18.3. The van der Waals surface area contributed by atoms with Crippen molar-refractivity contribution in [3.05, 3.63) is 46.6 Å². The summed E-state index contributed by atoms with van der Waals surface area (Å²) in [6.07, 6.45) is 1.47. The minimum Gasteiger partial charge on any atom is -0.444 e. The van der Waals surface area contributed by atoms with Gasteiger partial charge in [-0.05, 0) is 45.2 Å². The standard InChI is InChI=1S/C25H31N5O3S/c1-25(2,3)33-24(32)30-10-8-16(14-30)13-26-23-28-19-9-11-29(15-21(19)34-23)22(31)20-12-17-6-4-5-7-18(17)27-20/h4-7,12,16,27H,8-11,13-15H2,1-3H3,(H,26,28). The number of fused-ring (bicyclic) bond motifs is 2. The van der Waals surface area contributed by atoms with Crippen LogP contribution in [0.15, 0.2) is 30.3 Å². The van der Waals surface area contributed by atoms with Gasteiger partial charge in [-0.15, -0.1) is 0 Å². The van der Waals surface area contributed by atoms with Crippen molar-refractivity contribution in [1.29, 1.82) is 0 Å². The SMILES string of the molecule is CC(C)(C)OC(=O)N1CCC(CNc2nc3c(s2)CN(C(=O)c2cc4ccccc4[nH]2)CC3)C1. The molecule has 2 aliphatic rings. The molecule has 1 unspecified atom stereocenters. The number of carbonyl (C=O) groups excluding carboxylic acids is 2. The Bertz CT molecular complexity index is 1180. The molecule has 3 aromatic rings. The molecule has 1 aromatic carbocycles. The minimum atomic E-state index is -0.475. The number of hydrogen-bond donors (Lipinski definition) is 2. The summed E-state index contributed by atoms with van der Waals surface area (Å²) in [5.74, 6) is 0.395. The summed E-state index contributed by atoms with van der Waals surface area (Å²) in [5, 5.41) is 5.40. The second kappa shape index (κ2) is 8.94. The lowest BCUT2D eigenvalue weighted by Gasteiger charge is -2.25. The van der Waals surface area contributed by atoms with Crippen molar-refractivity contribution >= 4 is 39.4 Å². The third kappa shape index (κ3) is 4.89. The molecule has 34 heavy (non-hydrogen) atoms. The van der Waals surface area contributed by atoms with Gasteiger partial charge in [0, 0.05) is 48.4 Å². The first kappa shape index (κ1) is 22.7. The van der Waals surface area contributed by atoms with Crippen molar-refractivity contribution in [3.63, 3.8) is 0 Å². The van der Waals surface area contributed by atoms with Crippen LogP contribution in [0.5, 0.6) is 0 Å². The summed E-state index contributed by atoms with van der Waals surface area (Å²) >= 11 is 1.62. The van der Waals surface area contributed by atoms with Gasteiger partial charge < -0.3 is 24.8 Å². The van der Waals surface area contributed by atoms with E-state index in [9.17, 15) is 9.59 Å². The van der Waals surface area contributed by atoms with E-state index < -0.39 is 5.60 Å². The third-order valence-corrected chi connectivity index (χ3v) is 7.30. The molecule has 8 nitrogen and oxygen atoms in total. The van der Waals surface area contributed by atoms with Gasteiger partial charge in [0.1, 0.15) is 11.3 Å². The van der Waals surface area contributed by atoms with Gasteiger partial charge in [0.05, 0.1) is 12.2 Å². The summed E-state index contributed by atoms with van der Waals surface area (Å²) in [7, 11) is 0. The highest BCUT2D eigenvalue weighted by atomic mass is 32.1. The van der Waals surface area contributed by atoms with Crippen LogP contribution in [0.1, 0.15) is 48.3 Å². The van der Waals surface area contributed by atoms with Crippen LogP contribution in [-0.4, -0.2) is 63.5 Å². The Balaban J connectivity index is 1.16. The van der Waals surface area contributed by atoms with E-state index in [-0.39, 0.29) is 12.0 Å². The van der Waals surface area contributed by atoms with Crippen LogP contribution in [0.4, 0.5) is 9.93 Å². The van der Waals surface area contributed by atoms with Crippen LogP contribution in [0.25, 0.3) is 10.9 Å². The molecule has 0 aliphatic carbocycles. The fraction of sp³-hybridized carbons (Fsp3) is 0.480. The van der Waals surface area contributed by atoms with E-state index in [4.69, 9.17) is 9.72 Å². The van der Waals surface area contributed by atoms with Gasteiger partial charge in [0.2, 0.25) is 0 Å². The summed E-state index contributed by atoms with van der Waals surface area (Å²) in [5.41, 5.74) is 2.21. The maximum Gasteiger partial charge on any atom is 0.410 e. The molecule has 2 amide bonds. The number of amides is 2. The van der Waals surface area contributed by atoms with E-state index in [1.165, 1.54) is 0 Å². The number of aromatic amines is 1. The number of aromatic nitrogens is 2. The number of H-pyrrole nitrogens is 1. The lowest BCUT2D eigenvalue weighted by Crippen LogP contribution is -2.35. The number of likely N-dealkylation sites (tertiary alicyclic amines) is 1. The fourth-order valence-corrected chi connectivity index (χ4v) is 5.56. The summed E-state index contributed by atoms with van der Waals surface area (Å²) in [4.78, 5) is 38.2. The second-order valence-electron chi connectivity index (χ2n) is 10.1. The van der Waals surface area contributed by atoms with E-state index in [0.29, 0.717) is 31.2 Å². The van der Waals surface area contributed by atoms with Gasteiger partial charge in [-0.25, -0.2) is 9.78 Å². The van der Waals surface area contributed by atoms with Crippen molar-refractivity contribution < 1.29 is 14.3 Å². The van der Waals surface area contributed by atoms with Gasteiger partial charge in [0.15, 0.2) is 5.13 Å². The molecule has 1 atom stereocenters. The number of hydrogen-bond acceptors (Lipinski definition) is 6. The van der Waals surface area contributed by atoms with Crippen molar-refractivity contribution in [2.45, 2.75) is 45.8 Å². The summed E-state index contributed by atoms with van der Waals surface area (Å²) in [6, 6.07) is 9.86. The highest BCUT2D eigenvalue weighted by Gasteiger charge is 2.30. The number of nitrogens with one attached hydrogen (secondary N) is 2. The van der Waals surface area contributed by atoms with Crippen LogP contribution < -0.4 is 5.32 Å².